The van der Waals surface area contributed by atoms with E-state index in [1.807, 2.05) is 6.07 Å². The van der Waals surface area contributed by atoms with Crippen LogP contribution in [-0.2, 0) is 27.8 Å². The van der Waals surface area contributed by atoms with Gasteiger partial charge in [0.1, 0.15) is 6.67 Å². The van der Waals surface area contributed by atoms with Crippen LogP contribution in [0.1, 0.15) is 31.9 Å². The summed E-state index contributed by atoms with van der Waals surface area (Å²) >= 11 is 0. The average molecular weight is 434 g/mol. The smallest absolute Gasteiger partial charge is 0.262 e. The lowest BCUT2D eigenvalue weighted by atomic mass is 9.94. The maximum Gasteiger partial charge on any atom is 0.262 e. The van der Waals surface area contributed by atoms with Gasteiger partial charge in [-0.05, 0) is 62.2 Å². The van der Waals surface area contributed by atoms with Crippen LogP contribution in [0.25, 0.3) is 0 Å². The Morgan fingerprint density at radius 3 is 2.57 bits per heavy atom. The number of hydrogen-bond acceptors (Lipinski definition) is 4. The summed E-state index contributed by atoms with van der Waals surface area (Å²) in [5.41, 5.74) is 1.44. The number of benzene rings is 2. The van der Waals surface area contributed by atoms with Gasteiger partial charge in [0.05, 0.1) is 16.0 Å². The van der Waals surface area contributed by atoms with Crippen LogP contribution >= 0.6 is 0 Å². The summed E-state index contributed by atoms with van der Waals surface area (Å²) in [5.74, 6) is -0.471. The summed E-state index contributed by atoms with van der Waals surface area (Å²) in [5, 5.41) is 2.64. The lowest BCUT2D eigenvalue weighted by Crippen LogP contribution is -2.32. The average Bonchev–Trinajstić information content (AvgIpc) is 2.72. The third kappa shape index (κ3) is 4.82. The summed E-state index contributed by atoms with van der Waals surface area (Å²) in [6.07, 6.45) is 0.818. The molecule has 162 valence electrons. The molecular formula is C22H28FN3O3S. The molecule has 0 saturated heterocycles. The van der Waals surface area contributed by atoms with E-state index in [-0.39, 0.29) is 4.90 Å². The highest BCUT2D eigenvalue weighted by Crippen LogP contribution is 2.28. The van der Waals surface area contributed by atoms with E-state index >= 15 is 0 Å². The molecule has 2 N–H and O–H groups in total. The van der Waals surface area contributed by atoms with Crippen molar-refractivity contribution in [2.45, 2.75) is 38.6 Å². The van der Waals surface area contributed by atoms with Crippen molar-refractivity contribution in [2.24, 2.45) is 5.41 Å². The van der Waals surface area contributed by atoms with E-state index in [1.54, 1.807) is 30.3 Å². The predicted octanol–water partition coefficient (Wildman–Crippen LogP) is 3.80. The largest absolute Gasteiger partial charge is 0.325 e. The number of hydrogen-bond donors (Lipinski definition) is 2. The number of nitrogens with zero attached hydrogens (tertiary/aromatic N) is 1. The lowest BCUT2D eigenvalue weighted by molar-refractivity contribution is -0.124. The highest BCUT2D eigenvalue weighted by atomic mass is 32.2. The van der Waals surface area contributed by atoms with Crippen LogP contribution in [-0.4, -0.2) is 39.0 Å². The molecule has 0 spiro atoms. The van der Waals surface area contributed by atoms with E-state index in [9.17, 15) is 17.6 Å². The molecule has 0 aromatic heterocycles. The molecule has 0 radical (unpaired) electrons. The van der Waals surface area contributed by atoms with Gasteiger partial charge in [-0.3, -0.25) is 14.4 Å². The molecule has 0 bridgehead atoms. The van der Waals surface area contributed by atoms with Crippen LogP contribution in [0.4, 0.5) is 15.8 Å². The Hall–Kier alpha value is -2.45. The highest BCUT2D eigenvalue weighted by molar-refractivity contribution is 7.92. The molecule has 0 unspecified atom stereocenters. The van der Waals surface area contributed by atoms with E-state index in [0.29, 0.717) is 17.9 Å². The lowest BCUT2D eigenvalue weighted by Gasteiger charge is -2.29. The molecule has 1 amide bonds. The number of carbonyl (C=O) groups is 1. The predicted molar refractivity (Wildman–Crippen MR) is 117 cm³/mol. The Balaban J connectivity index is 1.84. The van der Waals surface area contributed by atoms with Crippen molar-refractivity contribution in [1.29, 1.82) is 0 Å². The number of alkyl halides is 1. The topological polar surface area (TPSA) is 78.5 Å². The first-order valence-electron chi connectivity index (χ1n) is 9.99. The number of carbonyl (C=O) groups excluding carboxylic acids is 1. The molecule has 0 aliphatic carbocycles. The Bertz CT molecular complexity index is 1040. The molecular weight excluding hydrogens is 405 g/mol. The fourth-order valence-electron chi connectivity index (χ4n) is 3.36. The maximum absolute atomic E-state index is 13.1. The molecule has 2 aromatic rings. The van der Waals surface area contributed by atoms with Gasteiger partial charge in [0.2, 0.25) is 5.91 Å². The Labute approximate surface area is 177 Å². The van der Waals surface area contributed by atoms with Gasteiger partial charge in [-0.2, -0.15) is 0 Å². The number of likely N-dealkylation sites (N-methyl/N-ethyl adjacent to an activating group) is 1. The van der Waals surface area contributed by atoms with Crippen molar-refractivity contribution in [2.75, 3.05) is 29.8 Å². The molecule has 1 aliphatic rings. The number of sulfonamides is 1. The van der Waals surface area contributed by atoms with Crippen molar-refractivity contribution in [3.8, 4) is 0 Å². The van der Waals surface area contributed by atoms with Crippen molar-refractivity contribution < 1.29 is 17.6 Å². The van der Waals surface area contributed by atoms with Crippen LogP contribution < -0.4 is 10.0 Å². The molecule has 6 nitrogen and oxygen atoms in total. The van der Waals surface area contributed by atoms with Crippen molar-refractivity contribution in [1.82, 2.24) is 4.90 Å². The molecule has 0 saturated carbocycles. The first-order valence-corrected chi connectivity index (χ1v) is 11.5. The third-order valence-electron chi connectivity index (χ3n) is 5.37. The molecule has 2 aromatic carbocycles. The quantitative estimate of drug-likeness (QED) is 0.696. The molecule has 1 aliphatic heterocycles. The first kappa shape index (κ1) is 22.2. The zero-order chi connectivity index (χ0) is 21.9. The van der Waals surface area contributed by atoms with Gasteiger partial charge >= 0.3 is 0 Å². The van der Waals surface area contributed by atoms with Crippen molar-refractivity contribution in [3.63, 3.8) is 0 Å². The minimum absolute atomic E-state index is 0.270. The number of halogens is 1. The second-order valence-electron chi connectivity index (χ2n) is 8.17. The molecule has 30 heavy (non-hydrogen) atoms. The van der Waals surface area contributed by atoms with Crippen molar-refractivity contribution >= 4 is 27.3 Å². The number of fused-ring (bicyclic) bond motifs is 1. The zero-order valence-electron chi connectivity index (χ0n) is 17.5. The van der Waals surface area contributed by atoms with Crippen LogP contribution in [0.3, 0.4) is 0 Å². The number of anilines is 2. The summed E-state index contributed by atoms with van der Waals surface area (Å²) < 4.78 is 41.9. The van der Waals surface area contributed by atoms with Gasteiger partial charge in [-0.25, -0.2) is 12.8 Å². The molecule has 1 heterocycles. The normalized spacial score (nSPS) is 14.8. The molecule has 0 atom stereocenters. The van der Waals surface area contributed by atoms with Gasteiger partial charge in [0, 0.05) is 18.8 Å². The van der Waals surface area contributed by atoms with E-state index in [1.165, 1.54) is 19.9 Å². The fourth-order valence-corrected chi connectivity index (χ4v) is 4.68. The van der Waals surface area contributed by atoms with Crippen LogP contribution in [0.15, 0.2) is 47.4 Å². The summed E-state index contributed by atoms with van der Waals surface area (Å²) in [6, 6.07) is 11.8. The maximum atomic E-state index is 13.1. The van der Waals surface area contributed by atoms with Crippen molar-refractivity contribution in [3.05, 3.63) is 53.6 Å². The molecule has 3 rings (SSSR count). The highest BCUT2D eigenvalue weighted by Gasteiger charge is 2.28. The number of rotatable bonds is 7. The second kappa shape index (κ2) is 8.73. The van der Waals surface area contributed by atoms with Gasteiger partial charge in [-0.1, -0.05) is 25.1 Å². The molecule has 0 fully saturated rings. The second-order valence-corrected chi connectivity index (χ2v) is 9.82. The van der Waals surface area contributed by atoms with Gasteiger partial charge in [-0.15, -0.1) is 0 Å². The Morgan fingerprint density at radius 1 is 1.17 bits per heavy atom. The Kier molecular flexibility index (Phi) is 6.47. The standard InChI is InChI=1S/C22H28FN3O3S/c1-4-26-12-11-16-7-5-10-20(19(16)14-26)30(28,29)25-18-9-6-8-17(13-18)24-21(27)22(2,3)15-23/h5-10,13,25H,4,11-12,14-15H2,1-3H3,(H,24,27). The van der Waals surface area contributed by atoms with Crippen LogP contribution in [0.5, 0.6) is 0 Å². The number of amides is 1. The monoisotopic (exact) mass is 433 g/mol. The fraction of sp³-hybridized carbons (Fsp3) is 0.409. The summed E-state index contributed by atoms with van der Waals surface area (Å²) in [6.45, 7) is 6.65. The van der Waals surface area contributed by atoms with Crippen LogP contribution in [0.2, 0.25) is 0 Å². The minimum Gasteiger partial charge on any atom is -0.325 e. The SMILES string of the molecule is CCN1CCc2cccc(S(=O)(=O)Nc3cccc(NC(=O)C(C)(C)CF)c3)c2C1. The van der Waals surface area contributed by atoms with E-state index in [2.05, 4.69) is 21.9 Å². The van der Waals surface area contributed by atoms with E-state index < -0.39 is 28.0 Å². The summed E-state index contributed by atoms with van der Waals surface area (Å²) in [4.78, 5) is 14.7. The Morgan fingerprint density at radius 2 is 1.87 bits per heavy atom. The van der Waals surface area contributed by atoms with E-state index in [0.717, 1.165) is 30.6 Å². The van der Waals surface area contributed by atoms with Gasteiger partial charge in [0.15, 0.2) is 0 Å². The summed E-state index contributed by atoms with van der Waals surface area (Å²) in [7, 11) is -3.81. The van der Waals surface area contributed by atoms with Gasteiger partial charge < -0.3 is 5.32 Å². The third-order valence-corrected chi connectivity index (χ3v) is 6.83. The minimum atomic E-state index is -3.81. The molecule has 8 heteroatoms. The first-order chi connectivity index (χ1) is 14.2. The van der Waals surface area contributed by atoms with E-state index in [4.69, 9.17) is 0 Å². The van der Waals surface area contributed by atoms with Gasteiger partial charge in [0.25, 0.3) is 10.0 Å². The number of nitrogens with one attached hydrogen (secondary N) is 2. The van der Waals surface area contributed by atoms with Crippen LogP contribution in [0, 0.1) is 5.41 Å². The zero-order valence-corrected chi connectivity index (χ0v) is 18.4.